The minimum Gasteiger partial charge on any atom is -0.355 e. The lowest BCUT2D eigenvalue weighted by atomic mass is 9.63. The van der Waals surface area contributed by atoms with Crippen LogP contribution in [-0.2, 0) is 4.79 Å². The fourth-order valence-corrected chi connectivity index (χ4v) is 4.23. The molecule has 1 N–H and O–H groups in total. The molecule has 3 atom stereocenters. The van der Waals surface area contributed by atoms with E-state index in [2.05, 4.69) is 5.32 Å². The predicted octanol–water partition coefficient (Wildman–Crippen LogP) is 2.79. The monoisotopic (exact) mass is 219 g/mol. The van der Waals surface area contributed by atoms with E-state index in [4.69, 9.17) is 0 Å². The summed E-state index contributed by atoms with van der Waals surface area (Å²) in [5.74, 6) is 1.42. The van der Waals surface area contributed by atoms with Crippen LogP contribution in [0.4, 0.5) is 0 Å². The Balaban J connectivity index is 1.90. The van der Waals surface area contributed by atoms with Crippen molar-refractivity contribution in [3.63, 3.8) is 0 Å². The van der Waals surface area contributed by atoms with Crippen molar-refractivity contribution in [3.05, 3.63) is 11.1 Å². The number of allylic oxidation sites excluding steroid dienone is 1. The Morgan fingerprint density at radius 2 is 2.00 bits per heavy atom. The molecular formula is C14H21NO. The molecule has 0 spiro atoms. The molecule has 2 heteroatoms. The molecule has 0 heterocycles. The van der Waals surface area contributed by atoms with Gasteiger partial charge < -0.3 is 5.32 Å². The molecule has 2 nitrogen and oxygen atoms in total. The SMILES string of the molecule is O=CN[C@H]1C2CCC[C@H]1C1=C(CCCC1)C2. The highest BCUT2D eigenvalue weighted by molar-refractivity contribution is 5.48. The quantitative estimate of drug-likeness (QED) is 0.561. The zero-order valence-electron chi connectivity index (χ0n) is 9.87. The third-order valence-electron chi connectivity index (χ3n) is 4.88. The number of nitrogens with one attached hydrogen (secondary N) is 1. The molecule has 2 bridgehead atoms. The topological polar surface area (TPSA) is 29.1 Å². The maximum absolute atomic E-state index is 10.7. The molecule has 0 aliphatic heterocycles. The van der Waals surface area contributed by atoms with E-state index >= 15 is 0 Å². The second-order valence-corrected chi connectivity index (χ2v) is 5.65. The molecule has 3 aliphatic rings. The van der Waals surface area contributed by atoms with Crippen molar-refractivity contribution in [1.82, 2.24) is 5.32 Å². The van der Waals surface area contributed by atoms with Crippen molar-refractivity contribution < 1.29 is 4.79 Å². The Labute approximate surface area is 97.5 Å². The first-order chi connectivity index (χ1) is 7.90. The smallest absolute Gasteiger partial charge is 0.207 e. The van der Waals surface area contributed by atoms with Crippen molar-refractivity contribution >= 4 is 6.41 Å². The van der Waals surface area contributed by atoms with E-state index in [1.807, 2.05) is 0 Å². The van der Waals surface area contributed by atoms with Crippen LogP contribution in [0.3, 0.4) is 0 Å². The van der Waals surface area contributed by atoms with Crippen LogP contribution in [-0.4, -0.2) is 12.5 Å². The average molecular weight is 219 g/mol. The van der Waals surface area contributed by atoms with Gasteiger partial charge in [-0.2, -0.15) is 0 Å². The van der Waals surface area contributed by atoms with Gasteiger partial charge >= 0.3 is 0 Å². The first-order valence-electron chi connectivity index (χ1n) is 6.80. The molecule has 3 rings (SSSR count). The first-order valence-corrected chi connectivity index (χ1v) is 6.80. The van der Waals surface area contributed by atoms with Gasteiger partial charge in [0.1, 0.15) is 0 Å². The van der Waals surface area contributed by atoms with Gasteiger partial charge in [-0.25, -0.2) is 0 Å². The van der Waals surface area contributed by atoms with Crippen molar-refractivity contribution in [2.24, 2.45) is 11.8 Å². The van der Waals surface area contributed by atoms with Crippen LogP contribution >= 0.6 is 0 Å². The number of carbonyl (C=O) groups excluding carboxylic acids is 1. The zero-order chi connectivity index (χ0) is 11.0. The van der Waals surface area contributed by atoms with Gasteiger partial charge in [0.25, 0.3) is 0 Å². The lowest BCUT2D eigenvalue weighted by Gasteiger charge is -2.46. The summed E-state index contributed by atoms with van der Waals surface area (Å²) in [4.78, 5) is 10.7. The van der Waals surface area contributed by atoms with Gasteiger partial charge in [0.15, 0.2) is 0 Å². The highest BCUT2D eigenvalue weighted by atomic mass is 16.1. The number of fused-ring (bicyclic) bond motifs is 3. The standard InChI is InChI=1S/C14H21NO/c16-9-15-14-11-5-3-7-13(14)12-6-2-1-4-10(12)8-11/h9,11,13-14H,1-8H2,(H,15,16)/t11?,13-,14-/m0/s1. The minimum absolute atomic E-state index is 0.461. The van der Waals surface area contributed by atoms with Crippen LogP contribution in [0.2, 0.25) is 0 Å². The number of amides is 1. The molecule has 1 fully saturated rings. The van der Waals surface area contributed by atoms with Gasteiger partial charge in [-0.1, -0.05) is 17.6 Å². The van der Waals surface area contributed by atoms with E-state index in [1.165, 1.54) is 51.4 Å². The molecule has 0 aromatic carbocycles. The second-order valence-electron chi connectivity index (χ2n) is 5.65. The van der Waals surface area contributed by atoms with Gasteiger partial charge in [-0.3, -0.25) is 4.79 Å². The average Bonchev–Trinajstić information content (AvgIpc) is 2.30. The molecule has 0 saturated heterocycles. The highest BCUT2D eigenvalue weighted by Gasteiger charge is 2.40. The molecule has 88 valence electrons. The summed E-state index contributed by atoms with van der Waals surface area (Å²) in [5, 5.41) is 3.10. The normalized spacial score (nSPS) is 37.9. The highest BCUT2D eigenvalue weighted by Crippen LogP contribution is 2.47. The summed E-state index contributed by atoms with van der Waals surface area (Å²) in [6, 6.07) is 0.461. The van der Waals surface area contributed by atoms with Gasteiger partial charge in [0.2, 0.25) is 6.41 Å². The molecule has 0 aromatic rings. The summed E-state index contributed by atoms with van der Waals surface area (Å²) in [6.45, 7) is 0. The van der Waals surface area contributed by atoms with Crippen LogP contribution in [0.25, 0.3) is 0 Å². The Morgan fingerprint density at radius 1 is 1.12 bits per heavy atom. The summed E-state index contributed by atoms with van der Waals surface area (Å²) in [7, 11) is 0. The molecule has 1 unspecified atom stereocenters. The van der Waals surface area contributed by atoms with Gasteiger partial charge in [-0.05, 0) is 50.9 Å². The zero-order valence-corrected chi connectivity index (χ0v) is 9.87. The first kappa shape index (κ1) is 10.4. The number of carbonyl (C=O) groups is 1. The second kappa shape index (κ2) is 4.23. The molecular weight excluding hydrogens is 198 g/mol. The van der Waals surface area contributed by atoms with E-state index in [9.17, 15) is 4.79 Å². The maximum Gasteiger partial charge on any atom is 0.207 e. The number of hydrogen-bond acceptors (Lipinski definition) is 1. The fourth-order valence-electron chi connectivity index (χ4n) is 4.23. The van der Waals surface area contributed by atoms with Crippen LogP contribution in [0.15, 0.2) is 11.1 Å². The van der Waals surface area contributed by atoms with Gasteiger partial charge in [0, 0.05) is 12.0 Å². The lowest BCUT2D eigenvalue weighted by Crippen LogP contribution is -2.48. The Hall–Kier alpha value is -0.790. The summed E-state index contributed by atoms with van der Waals surface area (Å²) >= 11 is 0. The third kappa shape index (κ3) is 1.59. The lowest BCUT2D eigenvalue weighted by molar-refractivity contribution is -0.111. The van der Waals surface area contributed by atoms with E-state index in [0.29, 0.717) is 12.0 Å². The summed E-state index contributed by atoms with van der Waals surface area (Å²) in [5.41, 5.74) is 3.51. The third-order valence-corrected chi connectivity index (χ3v) is 4.88. The van der Waals surface area contributed by atoms with Crippen molar-refractivity contribution in [3.8, 4) is 0 Å². The van der Waals surface area contributed by atoms with E-state index < -0.39 is 0 Å². The van der Waals surface area contributed by atoms with Crippen LogP contribution in [0, 0.1) is 11.8 Å². The number of hydrogen-bond donors (Lipinski definition) is 1. The van der Waals surface area contributed by atoms with Crippen molar-refractivity contribution in [2.45, 2.75) is 57.4 Å². The molecule has 1 amide bonds. The van der Waals surface area contributed by atoms with Crippen LogP contribution in [0.5, 0.6) is 0 Å². The minimum atomic E-state index is 0.461. The largest absolute Gasteiger partial charge is 0.355 e. The van der Waals surface area contributed by atoms with Crippen molar-refractivity contribution in [2.75, 3.05) is 0 Å². The molecule has 1 saturated carbocycles. The predicted molar refractivity (Wildman–Crippen MR) is 63.9 cm³/mol. The number of rotatable bonds is 2. The Bertz CT molecular complexity index is 321. The molecule has 0 radical (unpaired) electrons. The Morgan fingerprint density at radius 3 is 2.88 bits per heavy atom. The van der Waals surface area contributed by atoms with Crippen LogP contribution in [0.1, 0.15) is 51.4 Å². The van der Waals surface area contributed by atoms with E-state index in [1.54, 1.807) is 11.1 Å². The van der Waals surface area contributed by atoms with Crippen LogP contribution < -0.4 is 5.32 Å². The molecule has 16 heavy (non-hydrogen) atoms. The van der Waals surface area contributed by atoms with E-state index in [0.717, 1.165) is 12.3 Å². The van der Waals surface area contributed by atoms with Gasteiger partial charge in [0.05, 0.1) is 0 Å². The van der Waals surface area contributed by atoms with E-state index in [-0.39, 0.29) is 0 Å². The molecule has 3 aliphatic carbocycles. The Kier molecular flexibility index (Phi) is 2.74. The molecule has 0 aromatic heterocycles. The van der Waals surface area contributed by atoms with Gasteiger partial charge in [-0.15, -0.1) is 0 Å². The maximum atomic E-state index is 10.7. The summed E-state index contributed by atoms with van der Waals surface area (Å²) in [6.07, 6.45) is 11.6. The fraction of sp³-hybridized carbons (Fsp3) is 0.786. The summed E-state index contributed by atoms with van der Waals surface area (Å²) < 4.78 is 0. The van der Waals surface area contributed by atoms with Crippen molar-refractivity contribution in [1.29, 1.82) is 0 Å².